The molecule has 7 heteroatoms. The summed E-state index contributed by atoms with van der Waals surface area (Å²) >= 11 is 1.45. The van der Waals surface area contributed by atoms with Gasteiger partial charge in [0.2, 0.25) is 15.9 Å². The molecule has 2 aromatic carbocycles. The lowest BCUT2D eigenvalue weighted by Gasteiger charge is -2.12. The molecule has 1 amide bonds. The van der Waals surface area contributed by atoms with Crippen LogP contribution >= 0.6 is 11.8 Å². The van der Waals surface area contributed by atoms with Crippen LogP contribution in [0.2, 0.25) is 0 Å². The summed E-state index contributed by atoms with van der Waals surface area (Å²) in [6.45, 7) is 3.79. The predicted molar refractivity (Wildman–Crippen MR) is 107 cm³/mol. The number of hydrogen-bond acceptors (Lipinski definition) is 4. The van der Waals surface area contributed by atoms with Crippen molar-refractivity contribution < 1.29 is 13.2 Å². The van der Waals surface area contributed by atoms with Crippen molar-refractivity contribution in [2.75, 3.05) is 18.1 Å². The number of aryl methyl sites for hydroxylation is 2. The molecule has 140 valence electrons. The molecular formula is C19H24N2O3S2. The number of benzene rings is 2. The average Bonchev–Trinajstić information content (AvgIpc) is 2.58. The van der Waals surface area contributed by atoms with Crippen LogP contribution in [0.15, 0.2) is 52.3 Å². The number of sulfonamides is 1. The maximum absolute atomic E-state index is 12.5. The third-order valence-corrected chi connectivity index (χ3v) is 6.06. The third-order valence-electron chi connectivity index (χ3n) is 3.81. The molecular weight excluding hydrogens is 368 g/mol. The van der Waals surface area contributed by atoms with Crippen LogP contribution in [0.5, 0.6) is 0 Å². The van der Waals surface area contributed by atoms with Gasteiger partial charge in [0.15, 0.2) is 0 Å². The monoisotopic (exact) mass is 392 g/mol. The van der Waals surface area contributed by atoms with Crippen LogP contribution in [0.4, 0.5) is 5.69 Å². The standard InChI is InChI=1S/C19H24N2O3S2/c1-14-6-4-7-16(12-14)8-5-11-20-26(23,24)17-9-10-19(25-3)18(13-17)21-15(2)22/h4,6-7,9-10,12-13,20H,5,8,11H2,1-3H3,(H,21,22). The summed E-state index contributed by atoms with van der Waals surface area (Å²) in [7, 11) is -3.62. The number of carbonyl (C=O) groups is 1. The molecule has 5 nitrogen and oxygen atoms in total. The second-order valence-electron chi connectivity index (χ2n) is 6.03. The average molecular weight is 393 g/mol. The number of thioether (sulfide) groups is 1. The molecule has 0 atom stereocenters. The van der Waals surface area contributed by atoms with Crippen molar-refractivity contribution in [1.29, 1.82) is 0 Å². The van der Waals surface area contributed by atoms with Crippen LogP contribution in [-0.2, 0) is 21.2 Å². The minimum absolute atomic E-state index is 0.148. The number of carbonyl (C=O) groups excluding carboxylic acids is 1. The lowest BCUT2D eigenvalue weighted by atomic mass is 10.1. The maximum atomic E-state index is 12.5. The van der Waals surface area contributed by atoms with Gasteiger partial charge >= 0.3 is 0 Å². The van der Waals surface area contributed by atoms with E-state index in [1.165, 1.54) is 35.9 Å². The summed E-state index contributed by atoms with van der Waals surface area (Å²) < 4.78 is 27.6. The van der Waals surface area contributed by atoms with Crippen molar-refractivity contribution in [2.24, 2.45) is 0 Å². The molecule has 0 heterocycles. The summed E-state index contributed by atoms with van der Waals surface area (Å²) in [5, 5.41) is 2.68. The molecule has 0 saturated carbocycles. The number of amides is 1. The molecule has 0 aliphatic heterocycles. The highest BCUT2D eigenvalue weighted by Gasteiger charge is 2.16. The summed E-state index contributed by atoms with van der Waals surface area (Å²) in [5.41, 5.74) is 2.90. The fourth-order valence-electron chi connectivity index (χ4n) is 2.59. The van der Waals surface area contributed by atoms with Crippen molar-refractivity contribution >= 4 is 33.4 Å². The Morgan fingerprint density at radius 1 is 1.15 bits per heavy atom. The SMILES string of the molecule is CSc1ccc(S(=O)(=O)NCCCc2cccc(C)c2)cc1NC(C)=O. The zero-order valence-corrected chi connectivity index (χ0v) is 16.8. The largest absolute Gasteiger partial charge is 0.325 e. The molecule has 0 aliphatic rings. The highest BCUT2D eigenvalue weighted by atomic mass is 32.2. The van der Waals surface area contributed by atoms with Gasteiger partial charge in [0.05, 0.1) is 10.6 Å². The minimum atomic E-state index is -3.62. The van der Waals surface area contributed by atoms with E-state index in [0.717, 1.165) is 11.3 Å². The second kappa shape index (κ2) is 9.21. The highest BCUT2D eigenvalue weighted by Crippen LogP contribution is 2.28. The molecule has 0 saturated heterocycles. The molecule has 2 rings (SSSR count). The zero-order chi connectivity index (χ0) is 19.2. The molecule has 0 radical (unpaired) electrons. The van der Waals surface area contributed by atoms with Gasteiger partial charge in [0, 0.05) is 18.4 Å². The fourth-order valence-corrected chi connectivity index (χ4v) is 4.23. The molecule has 2 aromatic rings. The first kappa shape index (κ1) is 20.5. The molecule has 0 spiro atoms. The number of hydrogen-bond donors (Lipinski definition) is 2. The van der Waals surface area contributed by atoms with E-state index in [4.69, 9.17) is 0 Å². The summed E-state index contributed by atoms with van der Waals surface area (Å²) in [4.78, 5) is 12.3. The Morgan fingerprint density at radius 2 is 1.92 bits per heavy atom. The fraction of sp³-hybridized carbons (Fsp3) is 0.316. The maximum Gasteiger partial charge on any atom is 0.240 e. The zero-order valence-electron chi connectivity index (χ0n) is 15.2. The van der Waals surface area contributed by atoms with Gasteiger partial charge < -0.3 is 5.32 Å². The van der Waals surface area contributed by atoms with E-state index in [2.05, 4.69) is 16.1 Å². The Hall–Kier alpha value is -1.83. The Kier molecular flexibility index (Phi) is 7.25. The van der Waals surface area contributed by atoms with E-state index in [9.17, 15) is 13.2 Å². The summed E-state index contributed by atoms with van der Waals surface area (Å²) in [6, 6.07) is 13.0. The van der Waals surface area contributed by atoms with E-state index in [1.807, 2.05) is 31.4 Å². The van der Waals surface area contributed by atoms with Gasteiger partial charge in [-0.25, -0.2) is 13.1 Å². The highest BCUT2D eigenvalue weighted by molar-refractivity contribution is 7.98. The normalized spacial score (nSPS) is 11.3. The molecule has 26 heavy (non-hydrogen) atoms. The minimum Gasteiger partial charge on any atom is -0.325 e. The Bertz CT molecular complexity index is 880. The summed E-state index contributed by atoms with van der Waals surface area (Å²) in [6.07, 6.45) is 3.40. The van der Waals surface area contributed by atoms with Crippen molar-refractivity contribution in [3.8, 4) is 0 Å². The third kappa shape index (κ3) is 5.86. The Morgan fingerprint density at radius 3 is 2.58 bits per heavy atom. The van der Waals surface area contributed by atoms with E-state index in [0.29, 0.717) is 18.7 Å². The van der Waals surface area contributed by atoms with Crippen molar-refractivity contribution in [1.82, 2.24) is 4.72 Å². The predicted octanol–water partition coefficient (Wildman–Crippen LogP) is 3.59. The molecule has 0 unspecified atom stereocenters. The lowest BCUT2D eigenvalue weighted by Crippen LogP contribution is -2.25. The molecule has 0 aliphatic carbocycles. The van der Waals surface area contributed by atoms with E-state index in [1.54, 1.807) is 12.1 Å². The Balaban J connectivity index is 2.01. The van der Waals surface area contributed by atoms with Crippen LogP contribution < -0.4 is 10.0 Å². The van der Waals surface area contributed by atoms with E-state index >= 15 is 0 Å². The second-order valence-corrected chi connectivity index (χ2v) is 8.65. The molecule has 0 fully saturated rings. The molecule has 0 aromatic heterocycles. The van der Waals surface area contributed by atoms with Crippen LogP contribution in [0, 0.1) is 6.92 Å². The quantitative estimate of drug-likeness (QED) is 0.532. The van der Waals surface area contributed by atoms with Crippen molar-refractivity contribution in [3.05, 3.63) is 53.6 Å². The van der Waals surface area contributed by atoms with Gasteiger partial charge in [-0.05, 0) is 49.8 Å². The van der Waals surface area contributed by atoms with Gasteiger partial charge in [-0.2, -0.15) is 0 Å². The van der Waals surface area contributed by atoms with Crippen LogP contribution in [0.1, 0.15) is 24.5 Å². The lowest BCUT2D eigenvalue weighted by molar-refractivity contribution is -0.114. The number of anilines is 1. The van der Waals surface area contributed by atoms with E-state index in [-0.39, 0.29) is 10.8 Å². The first-order chi connectivity index (χ1) is 12.3. The molecule has 2 N–H and O–H groups in total. The smallest absolute Gasteiger partial charge is 0.240 e. The first-order valence-electron chi connectivity index (χ1n) is 8.32. The van der Waals surface area contributed by atoms with E-state index < -0.39 is 10.0 Å². The van der Waals surface area contributed by atoms with Gasteiger partial charge in [-0.15, -0.1) is 11.8 Å². The number of nitrogens with one attached hydrogen (secondary N) is 2. The molecule has 0 bridgehead atoms. The first-order valence-corrected chi connectivity index (χ1v) is 11.0. The van der Waals surface area contributed by atoms with Crippen LogP contribution in [0.3, 0.4) is 0 Å². The number of rotatable bonds is 8. The van der Waals surface area contributed by atoms with Gasteiger partial charge in [-0.1, -0.05) is 29.8 Å². The van der Waals surface area contributed by atoms with Crippen molar-refractivity contribution in [3.63, 3.8) is 0 Å². The van der Waals surface area contributed by atoms with Gasteiger partial charge in [-0.3, -0.25) is 4.79 Å². The Labute approximate surface area is 159 Å². The van der Waals surface area contributed by atoms with Crippen LogP contribution in [0.25, 0.3) is 0 Å². The van der Waals surface area contributed by atoms with Gasteiger partial charge in [0.1, 0.15) is 0 Å². The van der Waals surface area contributed by atoms with Gasteiger partial charge in [0.25, 0.3) is 0 Å². The van der Waals surface area contributed by atoms with Crippen molar-refractivity contribution in [2.45, 2.75) is 36.5 Å². The van der Waals surface area contributed by atoms with Crippen LogP contribution in [-0.4, -0.2) is 27.1 Å². The summed E-state index contributed by atoms with van der Waals surface area (Å²) in [5.74, 6) is -0.235. The topological polar surface area (TPSA) is 75.3 Å².